The lowest BCUT2D eigenvalue weighted by Crippen LogP contribution is -2.17. The van der Waals surface area contributed by atoms with Gasteiger partial charge in [0.05, 0.1) is 10.6 Å². The molecule has 0 aliphatic heterocycles. The van der Waals surface area contributed by atoms with E-state index in [1.807, 2.05) is 14.1 Å². The zero-order valence-corrected chi connectivity index (χ0v) is 11.8. The molecule has 0 saturated carbocycles. The van der Waals surface area contributed by atoms with Crippen molar-refractivity contribution in [3.05, 3.63) is 21.9 Å². The molecule has 17 heavy (non-hydrogen) atoms. The highest BCUT2D eigenvalue weighted by Crippen LogP contribution is 2.41. The second-order valence-corrected chi connectivity index (χ2v) is 6.31. The molecule has 0 saturated heterocycles. The fourth-order valence-corrected chi connectivity index (χ4v) is 3.14. The molecule has 0 atom stereocenters. The molecular formula is C13H20N2OS. The van der Waals surface area contributed by atoms with E-state index in [2.05, 4.69) is 35.3 Å². The summed E-state index contributed by atoms with van der Waals surface area (Å²) >= 11 is 1.77. The van der Waals surface area contributed by atoms with Crippen LogP contribution < -0.4 is 0 Å². The van der Waals surface area contributed by atoms with Gasteiger partial charge in [0, 0.05) is 13.0 Å². The molecule has 0 N–H and O–H groups in total. The van der Waals surface area contributed by atoms with Gasteiger partial charge in [-0.1, -0.05) is 19.0 Å². The predicted octanol–water partition coefficient (Wildman–Crippen LogP) is 2.71. The first-order valence-corrected chi connectivity index (χ1v) is 6.80. The second-order valence-electron chi connectivity index (χ2n) is 5.40. The molecule has 1 aromatic heterocycles. The molecule has 0 bridgehead atoms. The van der Waals surface area contributed by atoms with E-state index in [4.69, 9.17) is 4.84 Å². The smallest absolute Gasteiger partial charge is 0.129 e. The maximum atomic E-state index is 5.40. The number of likely N-dealkylation sites (N-methyl/N-ethyl adjacent to an activating group) is 1. The Morgan fingerprint density at radius 1 is 1.47 bits per heavy atom. The lowest BCUT2D eigenvalue weighted by atomic mass is 9.88. The van der Waals surface area contributed by atoms with Gasteiger partial charge in [0.15, 0.2) is 0 Å². The molecule has 94 valence electrons. The van der Waals surface area contributed by atoms with Crippen LogP contribution in [0.15, 0.2) is 16.6 Å². The molecule has 2 rings (SSSR count). The predicted molar refractivity (Wildman–Crippen MR) is 73.0 cm³/mol. The third kappa shape index (κ3) is 2.69. The first-order valence-electron chi connectivity index (χ1n) is 5.92. The van der Waals surface area contributed by atoms with E-state index in [-0.39, 0.29) is 5.41 Å². The lowest BCUT2D eigenvalue weighted by Gasteiger charge is -2.16. The van der Waals surface area contributed by atoms with E-state index in [1.165, 1.54) is 10.4 Å². The monoisotopic (exact) mass is 252 g/mol. The molecule has 4 heteroatoms. The first kappa shape index (κ1) is 12.6. The first-order chi connectivity index (χ1) is 8.00. The van der Waals surface area contributed by atoms with E-state index in [0.717, 1.165) is 18.7 Å². The van der Waals surface area contributed by atoms with Gasteiger partial charge in [-0.25, -0.2) is 0 Å². The Labute approximate surface area is 107 Å². The molecule has 1 aromatic rings. The molecule has 1 aliphatic carbocycles. The molecule has 3 nitrogen and oxygen atoms in total. The number of nitrogens with zero attached hydrogens (tertiary/aromatic N) is 2. The molecule has 0 radical (unpaired) electrons. The summed E-state index contributed by atoms with van der Waals surface area (Å²) in [5.41, 5.74) is 2.73. The fraction of sp³-hybridized carbons (Fsp3) is 0.615. The molecule has 0 fully saturated rings. The highest BCUT2D eigenvalue weighted by Gasteiger charge is 2.35. The van der Waals surface area contributed by atoms with Crippen molar-refractivity contribution in [3.63, 3.8) is 0 Å². The molecular weight excluding hydrogens is 232 g/mol. The van der Waals surface area contributed by atoms with Gasteiger partial charge in [-0.2, -0.15) is 0 Å². The summed E-state index contributed by atoms with van der Waals surface area (Å²) < 4.78 is 0. The molecule has 1 heterocycles. The Bertz CT molecular complexity index is 421. The Morgan fingerprint density at radius 3 is 2.94 bits per heavy atom. The number of hydrogen-bond donors (Lipinski definition) is 0. The van der Waals surface area contributed by atoms with E-state index in [1.54, 1.807) is 11.3 Å². The minimum Gasteiger partial charge on any atom is -0.394 e. The molecule has 0 aromatic carbocycles. The number of oxime groups is 1. The van der Waals surface area contributed by atoms with Crippen molar-refractivity contribution in [1.29, 1.82) is 0 Å². The van der Waals surface area contributed by atoms with Gasteiger partial charge >= 0.3 is 0 Å². The summed E-state index contributed by atoms with van der Waals surface area (Å²) in [7, 11) is 4.07. The van der Waals surface area contributed by atoms with Gasteiger partial charge in [0.1, 0.15) is 6.61 Å². The quantitative estimate of drug-likeness (QED) is 0.608. The van der Waals surface area contributed by atoms with Gasteiger partial charge in [0.2, 0.25) is 0 Å². The maximum Gasteiger partial charge on any atom is 0.129 e. The van der Waals surface area contributed by atoms with E-state index in [0.29, 0.717) is 6.61 Å². The summed E-state index contributed by atoms with van der Waals surface area (Å²) in [4.78, 5) is 8.80. The summed E-state index contributed by atoms with van der Waals surface area (Å²) in [5.74, 6) is 0. The van der Waals surface area contributed by atoms with Crippen molar-refractivity contribution >= 4 is 17.0 Å². The van der Waals surface area contributed by atoms with Crippen molar-refractivity contribution in [1.82, 2.24) is 4.90 Å². The number of hydrogen-bond acceptors (Lipinski definition) is 4. The van der Waals surface area contributed by atoms with Crippen molar-refractivity contribution < 1.29 is 4.84 Å². The van der Waals surface area contributed by atoms with Crippen molar-refractivity contribution in [3.8, 4) is 0 Å². The van der Waals surface area contributed by atoms with Crippen LogP contribution in [0.1, 0.15) is 30.7 Å². The zero-order chi connectivity index (χ0) is 12.5. The van der Waals surface area contributed by atoms with Crippen LogP contribution in [-0.4, -0.2) is 37.9 Å². The van der Waals surface area contributed by atoms with Crippen LogP contribution in [0.5, 0.6) is 0 Å². The van der Waals surface area contributed by atoms with Gasteiger partial charge in [-0.15, -0.1) is 11.3 Å². The second kappa shape index (κ2) is 4.78. The SMILES string of the molecule is CN(C)CCO/N=C1\CC(C)(C)c2ccsc21. The third-order valence-corrected chi connectivity index (χ3v) is 4.03. The zero-order valence-electron chi connectivity index (χ0n) is 11.0. The normalized spacial score (nSPS) is 19.9. The summed E-state index contributed by atoms with van der Waals surface area (Å²) in [5, 5.41) is 6.44. The summed E-state index contributed by atoms with van der Waals surface area (Å²) in [6, 6.07) is 2.21. The van der Waals surface area contributed by atoms with Crippen LogP contribution in [0.25, 0.3) is 0 Å². The number of thiophene rings is 1. The van der Waals surface area contributed by atoms with Crippen LogP contribution in [0.2, 0.25) is 0 Å². The van der Waals surface area contributed by atoms with Gasteiger partial charge in [0.25, 0.3) is 0 Å². The van der Waals surface area contributed by atoms with Crippen molar-refractivity contribution in [2.75, 3.05) is 27.2 Å². The van der Waals surface area contributed by atoms with Crippen LogP contribution in [0.3, 0.4) is 0 Å². The van der Waals surface area contributed by atoms with Crippen LogP contribution in [-0.2, 0) is 10.3 Å². The summed E-state index contributed by atoms with van der Waals surface area (Å²) in [6.45, 7) is 6.08. The van der Waals surface area contributed by atoms with E-state index >= 15 is 0 Å². The van der Waals surface area contributed by atoms with Gasteiger partial charge in [-0.3, -0.25) is 0 Å². The van der Waals surface area contributed by atoms with Crippen molar-refractivity contribution in [2.24, 2.45) is 5.16 Å². The number of fused-ring (bicyclic) bond motifs is 1. The third-order valence-electron chi connectivity index (χ3n) is 3.07. The molecule has 1 aliphatic rings. The Balaban J connectivity index is 2.03. The topological polar surface area (TPSA) is 24.8 Å². The largest absolute Gasteiger partial charge is 0.394 e. The van der Waals surface area contributed by atoms with Crippen LogP contribution >= 0.6 is 11.3 Å². The molecule has 0 unspecified atom stereocenters. The van der Waals surface area contributed by atoms with Crippen molar-refractivity contribution in [2.45, 2.75) is 25.7 Å². The average molecular weight is 252 g/mol. The van der Waals surface area contributed by atoms with Gasteiger partial charge < -0.3 is 9.74 Å². The highest BCUT2D eigenvalue weighted by atomic mass is 32.1. The number of rotatable bonds is 4. The lowest BCUT2D eigenvalue weighted by molar-refractivity contribution is 0.125. The Hall–Kier alpha value is -0.870. The average Bonchev–Trinajstić information content (AvgIpc) is 2.78. The Kier molecular flexibility index (Phi) is 3.54. The standard InChI is InChI=1S/C13H20N2OS/c1-13(2)9-11(12-10(13)5-8-17-12)14-16-7-6-15(3)4/h5,8H,6-7,9H2,1-4H3/b14-11+. The van der Waals surface area contributed by atoms with Crippen LogP contribution in [0, 0.1) is 0 Å². The van der Waals surface area contributed by atoms with Crippen LogP contribution in [0.4, 0.5) is 0 Å². The molecule has 0 spiro atoms. The summed E-state index contributed by atoms with van der Waals surface area (Å²) in [6.07, 6.45) is 0.983. The fourth-order valence-electron chi connectivity index (χ4n) is 2.08. The Morgan fingerprint density at radius 2 is 2.24 bits per heavy atom. The molecule has 0 amide bonds. The maximum absolute atomic E-state index is 5.40. The highest BCUT2D eigenvalue weighted by molar-refractivity contribution is 7.12. The van der Waals surface area contributed by atoms with E-state index < -0.39 is 0 Å². The van der Waals surface area contributed by atoms with Gasteiger partial charge in [-0.05, 0) is 36.5 Å². The minimum atomic E-state index is 0.207. The minimum absolute atomic E-state index is 0.207. The van der Waals surface area contributed by atoms with E-state index in [9.17, 15) is 0 Å².